The number of hydrogen-bond acceptors (Lipinski definition) is 7. The highest BCUT2D eigenvalue weighted by atomic mass is 16.7. The number of aliphatic carboxylic acids is 1. The summed E-state index contributed by atoms with van der Waals surface area (Å²) in [6, 6.07) is 0. The molecular formula is C39H77NO7. The van der Waals surface area contributed by atoms with E-state index in [-0.39, 0.29) is 25.8 Å². The van der Waals surface area contributed by atoms with Crippen LogP contribution in [0.3, 0.4) is 0 Å². The second-order valence-corrected chi connectivity index (χ2v) is 14.8. The molecule has 0 aromatic rings. The van der Waals surface area contributed by atoms with Crippen molar-refractivity contribution in [3.05, 3.63) is 0 Å². The summed E-state index contributed by atoms with van der Waals surface area (Å²) in [7, 11) is 5.88. The van der Waals surface area contributed by atoms with Crippen LogP contribution in [-0.2, 0) is 23.8 Å². The van der Waals surface area contributed by atoms with E-state index in [0.717, 1.165) is 19.3 Å². The molecule has 0 spiro atoms. The summed E-state index contributed by atoms with van der Waals surface area (Å²) >= 11 is 0. The number of likely N-dealkylation sites (N-methyl/N-ethyl adjacent to an activating group) is 1. The molecule has 0 radical (unpaired) electrons. The first-order valence-electron chi connectivity index (χ1n) is 19.7. The Morgan fingerprint density at radius 2 is 0.936 bits per heavy atom. The highest BCUT2D eigenvalue weighted by Gasteiger charge is 2.17. The molecule has 8 heteroatoms. The van der Waals surface area contributed by atoms with Crippen molar-refractivity contribution in [2.45, 2.75) is 193 Å². The van der Waals surface area contributed by atoms with E-state index in [9.17, 15) is 19.8 Å². The van der Waals surface area contributed by atoms with E-state index in [4.69, 9.17) is 14.2 Å². The third-order valence-corrected chi connectivity index (χ3v) is 8.83. The van der Waals surface area contributed by atoms with Gasteiger partial charge in [0.25, 0.3) is 0 Å². The summed E-state index contributed by atoms with van der Waals surface area (Å²) in [6.45, 7) is 2.49. The summed E-state index contributed by atoms with van der Waals surface area (Å²) < 4.78 is 16.0. The molecule has 280 valence electrons. The van der Waals surface area contributed by atoms with Crippen molar-refractivity contribution in [2.24, 2.45) is 0 Å². The minimum absolute atomic E-state index is 0.173. The van der Waals surface area contributed by atoms with E-state index in [1.807, 2.05) is 21.1 Å². The molecule has 0 aromatic carbocycles. The van der Waals surface area contributed by atoms with Gasteiger partial charge in [-0.05, 0) is 6.42 Å². The molecule has 0 rings (SSSR count). The van der Waals surface area contributed by atoms with Gasteiger partial charge in [-0.1, -0.05) is 167 Å². The number of rotatable bonds is 37. The molecule has 0 aromatic heterocycles. The Morgan fingerprint density at radius 3 is 1.28 bits per heavy atom. The van der Waals surface area contributed by atoms with Gasteiger partial charge >= 0.3 is 5.97 Å². The maximum Gasteiger partial charge on any atom is 0.305 e. The number of carbonyl (C=O) groups is 2. The predicted octanol–water partition coefficient (Wildman–Crippen LogP) is 8.26. The first-order chi connectivity index (χ1) is 22.7. The van der Waals surface area contributed by atoms with Gasteiger partial charge < -0.3 is 33.7 Å². The number of carbonyl (C=O) groups excluding carboxylic acids is 2. The van der Waals surface area contributed by atoms with E-state index >= 15 is 0 Å². The highest BCUT2D eigenvalue weighted by molar-refractivity contribution is 5.69. The van der Waals surface area contributed by atoms with Crippen LogP contribution in [0.15, 0.2) is 0 Å². The molecule has 0 heterocycles. The smallest absolute Gasteiger partial charge is 0.305 e. The minimum atomic E-state index is -1.57. The molecule has 0 bridgehead atoms. The van der Waals surface area contributed by atoms with Crippen molar-refractivity contribution < 1.29 is 38.5 Å². The fourth-order valence-corrected chi connectivity index (χ4v) is 5.71. The first kappa shape index (κ1) is 45.8. The molecule has 8 nitrogen and oxygen atoms in total. The lowest BCUT2D eigenvalue weighted by Gasteiger charge is -2.26. The van der Waals surface area contributed by atoms with Crippen molar-refractivity contribution in [1.82, 2.24) is 0 Å². The number of nitrogens with zero attached hydrogens (tertiary/aromatic N) is 1. The molecule has 1 N–H and O–H groups in total. The van der Waals surface area contributed by atoms with Gasteiger partial charge in [0.2, 0.25) is 0 Å². The molecule has 0 saturated carbocycles. The fourth-order valence-electron chi connectivity index (χ4n) is 5.71. The van der Waals surface area contributed by atoms with E-state index in [1.165, 1.54) is 148 Å². The van der Waals surface area contributed by atoms with Gasteiger partial charge in [0.15, 0.2) is 6.29 Å². The molecule has 0 aliphatic rings. The number of esters is 1. The lowest BCUT2D eigenvalue weighted by atomic mass is 10.0. The van der Waals surface area contributed by atoms with Crippen LogP contribution < -0.4 is 5.11 Å². The van der Waals surface area contributed by atoms with Crippen molar-refractivity contribution in [3.8, 4) is 0 Å². The number of carboxylic acids is 1. The topological polar surface area (TPSA) is 105 Å². The Morgan fingerprint density at radius 1 is 0.574 bits per heavy atom. The third-order valence-electron chi connectivity index (χ3n) is 8.83. The Bertz CT molecular complexity index is 697. The molecule has 0 fully saturated rings. The second-order valence-electron chi connectivity index (χ2n) is 14.8. The number of hydrogen-bond donors (Lipinski definition) is 1. The molecule has 0 amide bonds. The maximum absolute atomic E-state index is 12.0. The largest absolute Gasteiger partial charge is 0.545 e. The number of unbranched alkanes of at least 4 members (excludes halogenated alkanes) is 25. The molecule has 0 aliphatic carbocycles. The standard InChI is InChI=1S/C39H77NO7/c1-5-6-7-8-9-10-11-12-13-14-15-16-17-18-19-20-21-22-23-24-25-26-27-28-29-30-31-37(42)46-34-36(41)35-47-39(38(43)44)45-33-32-40(2,3)4/h36,39,41H,5-35H2,1-4H3. The van der Waals surface area contributed by atoms with Gasteiger partial charge in [-0.15, -0.1) is 0 Å². The van der Waals surface area contributed by atoms with Crippen LogP contribution in [0.1, 0.15) is 180 Å². The van der Waals surface area contributed by atoms with E-state index in [0.29, 0.717) is 17.4 Å². The average molecular weight is 672 g/mol. The number of ether oxygens (including phenoxy) is 3. The van der Waals surface area contributed by atoms with Gasteiger partial charge in [0.05, 0.1) is 40.3 Å². The van der Waals surface area contributed by atoms with Crippen molar-refractivity contribution in [3.63, 3.8) is 0 Å². The predicted molar refractivity (Wildman–Crippen MR) is 191 cm³/mol. The second kappa shape index (κ2) is 33.3. The molecule has 47 heavy (non-hydrogen) atoms. The molecule has 2 atom stereocenters. The van der Waals surface area contributed by atoms with E-state index in [2.05, 4.69) is 6.92 Å². The van der Waals surface area contributed by atoms with Crippen LogP contribution in [0.5, 0.6) is 0 Å². The van der Waals surface area contributed by atoms with Crippen LogP contribution in [0.4, 0.5) is 0 Å². The summed E-state index contributed by atoms with van der Waals surface area (Å²) in [4.78, 5) is 23.1. The Hall–Kier alpha value is -1.22. The zero-order chi connectivity index (χ0) is 34.9. The maximum atomic E-state index is 12.0. The minimum Gasteiger partial charge on any atom is -0.545 e. The number of carboxylic acid groups (broad SMARTS) is 1. The zero-order valence-corrected chi connectivity index (χ0v) is 31.4. The van der Waals surface area contributed by atoms with Gasteiger partial charge in [0.1, 0.15) is 19.3 Å². The number of aliphatic hydroxyl groups excluding tert-OH is 1. The Kier molecular flexibility index (Phi) is 32.4. The SMILES string of the molecule is CCCCCCCCCCCCCCCCCCCCCCCCCCCCC(=O)OCC(O)COC(OCC[N+](C)(C)C)C(=O)[O-]. The van der Waals surface area contributed by atoms with Crippen molar-refractivity contribution in [1.29, 1.82) is 0 Å². The Balaban J connectivity index is 3.40. The molecule has 0 saturated heterocycles. The summed E-state index contributed by atoms with van der Waals surface area (Å²) in [5.41, 5.74) is 0. The number of aliphatic hydroxyl groups is 1. The number of quaternary nitrogens is 1. The van der Waals surface area contributed by atoms with Crippen molar-refractivity contribution in [2.75, 3.05) is 47.5 Å². The highest BCUT2D eigenvalue weighted by Crippen LogP contribution is 2.16. The summed E-state index contributed by atoms with van der Waals surface area (Å²) in [6.07, 6.45) is 32.7. The molecule has 2 unspecified atom stereocenters. The van der Waals surface area contributed by atoms with Gasteiger partial charge in [-0.25, -0.2) is 0 Å². The van der Waals surface area contributed by atoms with Crippen LogP contribution in [0, 0.1) is 0 Å². The summed E-state index contributed by atoms with van der Waals surface area (Å²) in [5, 5.41) is 21.2. The van der Waals surface area contributed by atoms with E-state index < -0.39 is 18.4 Å². The van der Waals surface area contributed by atoms with E-state index in [1.54, 1.807) is 0 Å². The van der Waals surface area contributed by atoms with Gasteiger partial charge in [0, 0.05) is 6.42 Å². The lowest BCUT2D eigenvalue weighted by Crippen LogP contribution is -2.44. The van der Waals surface area contributed by atoms with Crippen LogP contribution in [0.2, 0.25) is 0 Å². The lowest BCUT2D eigenvalue weighted by molar-refractivity contribution is -0.870. The zero-order valence-electron chi connectivity index (χ0n) is 31.4. The quantitative estimate of drug-likeness (QED) is 0.0307. The third kappa shape index (κ3) is 35.9. The van der Waals surface area contributed by atoms with Crippen LogP contribution in [0.25, 0.3) is 0 Å². The monoisotopic (exact) mass is 672 g/mol. The van der Waals surface area contributed by atoms with Crippen molar-refractivity contribution >= 4 is 11.9 Å². The summed E-state index contributed by atoms with van der Waals surface area (Å²) in [5.74, 6) is -1.86. The Labute approximate surface area is 290 Å². The van der Waals surface area contributed by atoms with Gasteiger partial charge in [-0.3, -0.25) is 4.79 Å². The van der Waals surface area contributed by atoms with Crippen LogP contribution >= 0.6 is 0 Å². The normalized spacial score (nSPS) is 13.1. The fraction of sp³-hybridized carbons (Fsp3) is 0.949. The van der Waals surface area contributed by atoms with Crippen LogP contribution in [-0.4, -0.2) is 81.4 Å². The molecule has 0 aliphatic heterocycles. The average Bonchev–Trinajstić information content (AvgIpc) is 3.02. The van der Waals surface area contributed by atoms with Gasteiger partial charge in [-0.2, -0.15) is 0 Å². The molecular weight excluding hydrogens is 594 g/mol. The first-order valence-corrected chi connectivity index (χ1v) is 19.7.